The van der Waals surface area contributed by atoms with Crippen LogP contribution in [0.1, 0.15) is 26.7 Å². The van der Waals surface area contributed by atoms with Crippen LogP contribution in [0.15, 0.2) is 0 Å². The Kier molecular flexibility index (Phi) is 5.00. The maximum absolute atomic E-state index is 12.3. The van der Waals surface area contributed by atoms with Gasteiger partial charge < -0.3 is 9.64 Å². The van der Waals surface area contributed by atoms with Crippen molar-refractivity contribution in [3.8, 4) is 6.07 Å². The number of ether oxygens (including phenoxy) is 1. The van der Waals surface area contributed by atoms with Gasteiger partial charge in [0.15, 0.2) is 0 Å². The van der Waals surface area contributed by atoms with Gasteiger partial charge in [0, 0.05) is 31.7 Å². The van der Waals surface area contributed by atoms with Gasteiger partial charge in [0.2, 0.25) is 5.91 Å². The molecule has 2 atom stereocenters. The molecule has 0 unspecified atom stereocenters. The lowest BCUT2D eigenvalue weighted by molar-refractivity contribution is -0.132. The molecule has 0 radical (unpaired) electrons. The molecule has 0 aromatic heterocycles. The number of carbonyl (C=O) groups excluding carboxylic acids is 1. The van der Waals surface area contributed by atoms with E-state index in [-0.39, 0.29) is 11.8 Å². The largest absolute Gasteiger partial charge is 0.381 e. The molecule has 2 saturated heterocycles. The second-order valence-corrected chi connectivity index (χ2v) is 6.23. The quantitative estimate of drug-likeness (QED) is 0.756. The third-order valence-electron chi connectivity index (χ3n) is 4.51. The normalized spacial score (nSPS) is 27.6. The molecule has 112 valence electrons. The summed E-state index contributed by atoms with van der Waals surface area (Å²) >= 11 is 0. The van der Waals surface area contributed by atoms with Gasteiger partial charge in [-0.05, 0) is 33.2 Å². The molecule has 0 aromatic rings. The predicted octanol–water partition coefficient (Wildman–Crippen LogP) is 1.11. The van der Waals surface area contributed by atoms with Crippen molar-refractivity contribution >= 4 is 5.91 Å². The number of rotatable bonds is 5. The first-order chi connectivity index (χ1) is 9.58. The molecule has 2 heterocycles. The molecule has 2 aliphatic heterocycles. The second-order valence-electron chi connectivity index (χ2n) is 6.23. The first kappa shape index (κ1) is 15.3. The number of likely N-dealkylation sites (N-methyl/N-ethyl adjacent to an activating group) is 1. The summed E-state index contributed by atoms with van der Waals surface area (Å²) in [6.07, 6.45) is 2.27. The van der Waals surface area contributed by atoms with Crippen LogP contribution in [-0.4, -0.2) is 61.6 Å². The molecule has 2 rings (SSSR count). The number of hydrogen-bond acceptors (Lipinski definition) is 4. The van der Waals surface area contributed by atoms with Crippen LogP contribution in [0, 0.1) is 22.7 Å². The maximum atomic E-state index is 12.3. The molecule has 0 saturated carbocycles. The Morgan fingerprint density at radius 1 is 1.55 bits per heavy atom. The molecule has 20 heavy (non-hydrogen) atoms. The van der Waals surface area contributed by atoms with Crippen LogP contribution in [0.25, 0.3) is 0 Å². The Hall–Kier alpha value is -1.12. The van der Waals surface area contributed by atoms with Crippen LogP contribution in [0.2, 0.25) is 0 Å². The Morgan fingerprint density at radius 3 is 2.95 bits per heavy atom. The van der Waals surface area contributed by atoms with Crippen LogP contribution in [0.3, 0.4) is 0 Å². The maximum Gasteiger partial charge on any atom is 0.236 e. The number of likely N-dealkylation sites (tertiary alicyclic amines) is 1. The van der Waals surface area contributed by atoms with Gasteiger partial charge in [-0.1, -0.05) is 0 Å². The molecule has 5 heteroatoms. The van der Waals surface area contributed by atoms with E-state index < -0.39 is 0 Å². The highest BCUT2D eigenvalue weighted by Crippen LogP contribution is 2.37. The first-order valence-electron chi connectivity index (χ1n) is 7.56. The van der Waals surface area contributed by atoms with E-state index in [1.807, 2.05) is 13.8 Å². The summed E-state index contributed by atoms with van der Waals surface area (Å²) in [5, 5.41) is 8.87. The van der Waals surface area contributed by atoms with E-state index in [1.165, 1.54) is 0 Å². The number of nitrogens with zero attached hydrogens (tertiary/aromatic N) is 3. The Bertz CT molecular complexity index is 385. The Morgan fingerprint density at radius 2 is 2.35 bits per heavy atom. The molecule has 5 nitrogen and oxygen atoms in total. The number of carbonyl (C=O) groups is 1. The van der Waals surface area contributed by atoms with E-state index >= 15 is 0 Å². The summed E-state index contributed by atoms with van der Waals surface area (Å²) < 4.78 is 5.51. The van der Waals surface area contributed by atoms with E-state index in [0.717, 1.165) is 39.1 Å². The lowest BCUT2D eigenvalue weighted by Gasteiger charge is -2.26. The predicted molar refractivity (Wildman–Crippen MR) is 76.0 cm³/mol. The van der Waals surface area contributed by atoms with Crippen molar-refractivity contribution in [3.63, 3.8) is 0 Å². The van der Waals surface area contributed by atoms with Crippen LogP contribution < -0.4 is 0 Å². The van der Waals surface area contributed by atoms with Crippen LogP contribution in [0.4, 0.5) is 0 Å². The van der Waals surface area contributed by atoms with E-state index in [4.69, 9.17) is 10.00 Å². The van der Waals surface area contributed by atoms with Crippen molar-refractivity contribution in [1.29, 1.82) is 5.26 Å². The van der Waals surface area contributed by atoms with Gasteiger partial charge in [-0.15, -0.1) is 0 Å². The minimum atomic E-state index is -0.105. The monoisotopic (exact) mass is 279 g/mol. The molecular weight excluding hydrogens is 254 g/mol. The minimum absolute atomic E-state index is 0.105. The van der Waals surface area contributed by atoms with Crippen molar-refractivity contribution < 1.29 is 9.53 Å². The van der Waals surface area contributed by atoms with Crippen LogP contribution in [0.5, 0.6) is 0 Å². The fourth-order valence-electron chi connectivity index (χ4n) is 3.20. The standard InChI is InChI=1S/C15H25N3O2/c1-3-18(9-13(2)8-16)14(19)10-17-6-4-15(11-17)5-7-20-12-15/h13H,3-7,9-12H2,1-2H3/t13-,15-/m0/s1. The fourth-order valence-corrected chi connectivity index (χ4v) is 3.20. The Balaban J connectivity index is 1.83. The molecule has 0 aromatic carbocycles. The molecular formula is C15H25N3O2. The minimum Gasteiger partial charge on any atom is -0.381 e. The number of nitriles is 1. The second kappa shape index (κ2) is 6.55. The van der Waals surface area contributed by atoms with Gasteiger partial charge in [0.05, 0.1) is 25.1 Å². The van der Waals surface area contributed by atoms with E-state index in [1.54, 1.807) is 4.90 Å². The lowest BCUT2D eigenvalue weighted by atomic mass is 9.87. The fraction of sp³-hybridized carbons (Fsp3) is 0.867. The SMILES string of the molecule is CCN(C[C@@H](C)C#N)C(=O)CN1CC[C@]2(CCOC2)C1. The topological polar surface area (TPSA) is 56.6 Å². The summed E-state index contributed by atoms with van der Waals surface area (Å²) in [4.78, 5) is 16.4. The highest BCUT2D eigenvalue weighted by atomic mass is 16.5. The third kappa shape index (κ3) is 3.50. The zero-order chi connectivity index (χ0) is 14.6. The molecule has 1 spiro atoms. The highest BCUT2D eigenvalue weighted by molar-refractivity contribution is 5.78. The van der Waals surface area contributed by atoms with Gasteiger partial charge in [-0.2, -0.15) is 5.26 Å². The van der Waals surface area contributed by atoms with Crippen molar-refractivity contribution in [2.45, 2.75) is 26.7 Å². The van der Waals surface area contributed by atoms with Crippen LogP contribution >= 0.6 is 0 Å². The lowest BCUT2D eigenvalue weighted by Crippen LogP contribution is -2.42. The highest BCUT2D eigenvalue weighted by Gasteiger charge is 2.41. The molecule has 2 fully saturated rings. The van der Waals surface area contributed by atoms with Crippen molar-refractivity contribution in [3.05, 3.63) is 0 Å². The van der Waals surface area contributed by atoms with E-state index in [9.17, 15) is 4.79 Å². The zero-order valence-electron chi connectivity index (χ0n) is 12.6. The molecule has 0 bridgehead atoms. The number of hydrogen-bond donors (Lipinski definition) is 0. The average molecular weight is 279 g/mol. The Labute approximate surface area is 121 Å². The van der Waals surface area contributed by atoms with Crippen molar-refractivity contribution in [1.82, 2.24) is 9.80 Å². The zero-order valence-corrected chi connectivity index (χ0v) is 12.6. The smallest absolute Gasteiger partial charge is 0.236 e. The molecule has 0 N–H and O–H groups in total. The van der Waals surface area contributed by atoms with Gasteiger partial charge in [-0.25, -0.2) is 0 Å². The van der Waals surface area contributed by atoms with Gasteiger partial charge >= 0.3 is 0 Å². The van der Waals surface area contributed by atoms with Gasteiger partial charge in [0.25, 0.3) is 0 Å². The van der Waals surface area contributed by atoms with Crippen molar-refractivity contribution in [2.75, 3.05) is 45.9 Å². The summed E-state index contributed by atoms with van der Waals surface area (Å²) in [6.45, 7) is 9.19. The van der Waals surface area contributed by atoms with Crippen LogP contribution in [-0.2, 0) is 9.53 Å². The summed E-state index contributed by atoms with van der Waals surface area (Å²) in [6, 6.07) is 2.19. The molecule has 2 aliphatic rings. The summed E-state index contributed by atoms with van der Waals surface area (Å²) in [5.41, 5.74) is 0.303. The van der Waals surface area contributed by atoms with E-state index in [2.05, 4.69) is 11.0 Å². The van der Waals surface area contributed by atoms with E-state index in [0.29, 0.717) is 25.0 Å². The van der Waals surface area contributed by atoms with Gasteiger partial charge in [0.1, 0.15) is 0 Å². The van der Waals surface area contributed by atoms with Crippen molar-refractivity contribution in [2.24, 2.45) is 11.3 Å². The first-order valence-corrected chi connectivity index (χ1v) is 7.56. The van der Waals surface area contributed by atoms with Gasteiger partial charge in [-0.3, -0.25) is 9.69 Å². The number of amides is 1. The molecule has 1 amide bonds. The molecule has 0 aliphatic carbocycles. The third-order valence-corrected chi connectivity index (χ3v) is 4.51. The summed E-state index contributed by atoms with van der Waals surface area (Å²) in [5.74, 6) is 0.0395. The average Bonchev–Trinajstić information content (AvgIpc) is 3.06. The summed E-state index contributed by atoms with van der Waals surface area (Å²) in [7, 11) is 0.